The Hall–Kier alpha value is -2.69. The predicted molar refractivity (Wildman–Crippen MR) is 88.9 cm³/mol. The number of nitrogens with zero attached hydrogens (tertiary/aromatic N) is 1. The normalized spacial score (nSPS) is 11.8. The van der Waals surface area contributed by atoms with Crippen LogP contribution in [0.25, 0.3) is 0 Å². The molecule has 0 bridgehead atoms. The van der Waals surface area contributed by atoms with E-state index in [1.165, 1.54) is 17.0 Å². The first kappa shape index (κ1) is 17.7. The number of amides is 1. The van der Waals surface area contributed by atoms with E-state index < -0.39 is 5.97 Å². The van der Waals surface area contributed by atoms with E-state index in [-0.39, 0.29) is 37.2 Å². The Bertz CT molecular complexity index is 703. The second-order valence-corrected chi connectivity index (χ2v) is 5.79. The van der Waals surface area contributed by atoms with Gasteiger partial charge >= 0.3 is 5.97 Å². The average molecular weight is 329 g/mol. The van der Waals surface area contributed by atoms with Crippen LogP contribution in [-0.4, -0.2) is 28.4 Å². The average Bonchev–Trinajstić information content (AvgIpc) is 2.54. The number of carboxylic acids is 1. The van der Waals surface area contributed by atoms with E-state index in [0.717, 1.165) is 11.1 Å². The van der Waals surface area contributed by atoms with Gasteiger partial charge in [0.2, 0.25) is 5.91 Å². The number of carbonyl (C=O) groups excluding carboxylic acids is 1. The van der Waals surface area contributed by atoms with Crippen molar-refractivity contribution in [3.05, 3.63) is 71.5 Å². The van der Waals surface area contributed by atoms with E-state index in [9.17, 15) is 14.0 Å². The molecule has 1 amide bonds. The van der Waals surface area contributed by atoms with Crippen molar-refractivity contribution in [3.8, 4) is 0 Å². The third kappa shape index (κ3) is 5.19. The van der Waals surface area contributed by atoms with Gasteiger partial charge in [-0.1, -0.05) is 49.4 Å². The summed E-state index contributed by atoms with van der Waals surface area (Å²) in [6.45, 7) is 1.71. The van der Waals surface area contributed by atoms with Gasteiger partial charge in [-0.05, 0) is 29.2 Å². The SMILES string of the molecule is CC(CC(=O)N(CC(=O)O)Cc1ccccc1)c1cccc(F)c1. The summed E-state index contributed by atoms with van der Waals surface area (Å²) in [6.07, 6.45) is 0.129. The van der Waals surface area contributed by atoms with Crippen LogP contribution in [0.2, 0.25) is 0 Å². The molecule has 0 aliphatic heterocycles. The predicted octanol–water partition coefficient (Wildman–Crippen LogP) is 3.43. The number of benzene rings is 2. The van der Waals surface area contributed by atoms with Crippen molar-refractivity contribution < 1.29 is 19.1 Å². The summed E-state index contributed by atoms with van der Waals surface area (Å²) in [4.78, 5) is 24.9. The molecule has 0 aliphatic carbocycles. The molecule has 0 spiro atoms. The van der Waals surface area contributed by atoms with Crippen molar-refractivity contribution in [2.75, 3.05) is 6.54 Å². The lowest BCUT2D eigenvalue weighted by molar-refractivity contribution is -0.145. The van der Waals surface area contributed by atoms with Gasteiger partial charge in [0.15, 0.2) is 0 Å². The lowest BCUT2D eigenvalue weighted by Gasteiger charge is -2.23. The lowest BCUT2D eigenvalue weighted by atomic mass is 9.97. The molecule has 126 valence electrons. The number of hydrogen-bond donors (Lipinski definition) is 1. The highest BCUT2D eigenvalue weighted by Gasteiger charge is 2.20. The Morgan fingerprint density at radius 2 is 1.83 bits per heavy atom. The van der Waals surface area contributed by atoms with Crippen LogP contribution in [0.3, 0.4) is 0 Å². The van der Waals surface area contributed by atoms with Crippen molar-refractivity contribution in [1.29, 1.82) is 0 Å². The number of carboxylic acid groups (broad SMARTS) is 1. The van der Waals surface area contributed by atoms with Crippen LogP contribution in [0.5, 0.6) is 0 Å². The molecule has 0 fully saturated rings. The molecule has 5 heteroatoms. The van der Waals surface area contributed by atoms with E-state index in [4.69, 9.17) is 5.11 Å². The minimum Gasteiger partial charge on any atom is -0.480 e. The first-order chi connectivity index (χ1) is 11.5. The molecule has 1 N–H and O–H groups in total. The molecule has 2 aromatic carbocycles. The smallest absolute Gasteiger partial charge is 0.323 e. The molecule has 1 unspecified atom stereocenters. The van der Waals surface area contributed by atoms with Crippen LogP contribution in [0.15, 0.2) is 54.6 Å². The maximum absolute atomic E-state index is 13.3. The molecule has 2 aromatic rings. The molecule has 2 rings (SSSR count). The number of hydrogen-bond acceptors (Lipinski definition) is 2. The summed E-state index contributed by atoms with van der Waals surface area (Å²) in [5.41, 5.74) is 1.59. The summed E-state index contributed by atoms with van der Waals surface area (Å²) >= 11 is 0. The fourth-order valence-corrected chi connectivity index (χ4v) is 2.52. The second-order valence-electron chi connectivity index (χ2n) is 5.79. The highest BCUT2D eigenvalue weighted by Crippen LogP contribution is 2.21. The maximum atomic E-state index is 13.3. The van der Waals surface area contributed by atoms with E-state index in [0.29, 0.717) is 0 Å². The van der Waals surface area contributed by atoms with Gasteiger partial charge < -0.3 is 10.0 Å². The first-order valence-electron chi connectivity index (χ1n) is 7.74. The summed E-state index contributed by atoms with van der Waals surface area (Å²) in [6, 6.07) is 15.3. The Morgan fingerprint density at radius 1 is 1.12 bits per heavy atom. The van der Waals surface area contributed by atoms with Crippen LogP contribution < -0.4 is 0 Å². The van der Waals surface area contributed by atoms with Crippen molar-refractivity contribution in [1.82, 2.24) is 4.90 Å². The molecule has 0 saturated heterocycles. The summed E-state index contributed by atoms with van der Waals surface area (Å²) in [5, 5.41) is 9.05. The summed E-state index contributed by atoms with van der Waals surface area (Å²) < 4.78 is 13.3. The molecule has 4 nitrogen and oxygen atoms in total. The zero-order valence-corrected chi connectivity index (χ0v) is 13.5. The standard InChI is InChI=1S/C19H20FNO3/c1-14(16-8-5-9-17(20)11-16)10-18(22)21(13-19(23)24)12-15-6-3-2-4-7-15/h2-9,11,14H,10,12-13H2,1H3,(H,23,24). The van der Waals surface area contributed by atoms with Gasteiger partial charge in [0.25, 0.3) is 0 Å². The number of rotatable bonds is 7. The van der Waals surface area contributed by atoms with E-state index in [2.05, 4.69) is 0 Å². The molecule has 24 heavy (non-hydrogen) atoms. The van der Waals surface area contributed by atoms with Gasteiger partial charge in [-0.3, -0.25) is 9.59 Å². The Morgan fingerprint density at radius 3 is 2.46 bits per heavy atom. The van der Waals surface area contributed by atoms with Crippen LogP contribution in [-0.2, 0) is 16.1 Å². The van der Waals surface area contributed by atoms with Crippen molar-refractivity contribution >= 4 is 11.9 Å². The van der Waals surface area contributed by atoms with Gasteiger partial charge in [0.1, 0.15) is 12.4 Å². The van der Waals surface area contributed by atoms with Gasteiger partial charge in [-0.2, -0.15) is 0 Å². The molecular formula is C19H20FNO3. The Labute approximate surface area is 140 Å². The Balaban J connectivity index is 2.08. The molecule has 0 radical (unpaired) electrons. The molecule has 0 heterocycles. The number of halogens is 1. The molecule has 0 aromatic heterocycles. The van der Waals surface area contributed by atoms with Gasteiger partial charge in [-0.15, -0.1) is 0 Å². The third-order valence-corrected chi connectivity index (χ3v) is 3.79. The van der Waals surface area contributed by atoms with Crippen LogP contribution in [0.4, 0.5) is 4.39 Å². The minimum absolute atomic E-state index is 0.129. The minimum atomic E-state index is -1.06. The van der Waals surface area contributed by atoms with Gasteiger partial charge in [-0.25, -0.2) is 4.39 Å². The summed E-state index contributed by atoms with van der Waals surface area (Å²) in [5.74, 6) is -1.87. The molecule has 0 saturated carbocycles. The third-order valence-electron chi connectivity index (χ3n) is 3.79. The fourth-order valence-electron chi connectivity index (χ4n) is 2.52. The van der Waals surface area contributed by atoms with Gasteiger partial charge in [0, 0.05) is 13.0 Å². The Kier molecular flexibility index (Phi) is 6.07. The maximum Gasteiger partial charge on any atom is 0.323 e. The molecule has 0 aliphatic rings. The van der Waals surface area contributed by atoms with Crippen molar-refractivity contribution in [3.63, 3.8) is 0 Å². The van der Waals surface area contributed by atoms with Crippen molar-refractivity contribution in [2.24, 2.45) is 0 Å². The van der Waals surface area contributed by atoms with Crippen LogP contribution in [0, 0.1) is 5.82 Å². The van der Waals surface area contributed by atoms with E-state index in [1.807, 2.05) is 37.3 Å². The van der Waals surface area contributed by atoms with Crippen LogP contribution in [0.1, 0.15) is 30.4 Å². The molecule has 1 atom stereocenters. The highest BCUT2D eigenvalue weighted by atomic mass is 19.1. The quantitative estimate of drug-likeness (QED) is 0.846. The monoisotopic (exact) mass is 329 g/mol. The first-order valence-corrected chi connectivity index (χ1v) is 7.74. The van der Waals surface area contributed by atoms with E-state index in [1.54, 1.807) is 12.1 Å². The highest BCUT2D eigenvalue weighted by molar-refractivity contribution is 5.81. The fraction of sp³-hybridized carbons (Fsp3) is 0.263. The van der Waals surface area contributed by atoms with Crippen molar-refractivity contribution in [2.45, 2.75) is 25.8 Å². The van der Waals surface area contributed by atoms with Crippen LogP contribution >= 0.6 is 0 Å². The second kappa shape index (κ2) is 8.24. The number of carbonyl (C=O) groups is 2. The topological polar surface area (TPSA) is 57.6 Å². The zero-order valence-electron chi connectivity index (χ0n) is 13.5. The van der Waals surface area contributed by atoms with Gasteiger partial charge in [0.05, 0.1) is 0 Å². The largest absolute Gasteiger partial charge is 0.480 e. The zero-order chi connectivity index (χ0) is 17.5. The van der Waals surface area contributed by atoms with E-state index >= 15 is 0 Å². The number of aliphatic carboxylic acids is 1. The lowest BCUT2D eigenvalue weighted by Crippen LogP contribution is -2.35. The summed E-state index contributed by atoms with van der Waals surface area (Å²) in [7, 11) is 0. The molecular weight excluding hydrogens is 309 g/mol.